The highest BCUT2D eigenvalue weighted by atomic mass is 32.2. The highest BCUT2D eigenvalue weighted by molar-refractivity contribution is 7.99. The molecular formula is C13H28N2S. The van der Waals surface area contributed by atoms with E-state index >= 15 is 0 Å². The van der Waals surface area contributed by atoms with Crippen LogP contribution in [0.15, 0.2) is 0 Å². The van der Waals surface area contributed by atoms with Crippen LogP contribution in [0.4, 0.5) is 0 Å². The van der Waals surface area contributed by atoms with Crippen LogP contribution in [0.5, 0.6) is 0 Å². The van der Waals surface area contributed by atoms with Gasteiger partial charge in [0, 0.05) is 25.4 Å². The van der Waals surface area contributed by atoms with Crippen LogP contribution in [-0.2, 0) is 0 Å². The summed E-state index contributed by atoms with van der Waals surface area (Å²) in [6.07, 6.45) is 4.05. The monoisotopic (exact) mass is 244 g/mol. The Labute approximate surface area is 106 Å². The molecule has 1 fully saturated rings. The van der Waals surface area contributed by atoms with Crippen LogP contribution < -0.4 is 5.32 Å². The zero-order valence-electron chi connectivity index (χ0n) is 11.0. The van der Waals surface area contributed by atoms with Gasteiger partial charge in [-0.3, -0.25) is 0 Å². The summed E-state index contributed by atoms with van der Waals surface area (Å²) in [7, 11) is 0. The first-order valence-electron chi connectivity index (χ1n) is 6.80. The third kappa shape index (κ3) is 7.53. The van der Waals surface area contributed by atoms with E-state index in [-0.39, 0.29) is 0 Å². The minimum Gasteiger partial charge on any atom is -0.315 e. The lowest BCUT2D eigenvalue weighted by Crippen LogP contribution is -2.34. The summed E-state index contributed by atoms with van der Waals surface area (Å²) in [4.78, 5) is 2.61. The van der Waals surface area contributed by atoms with Gasteiger partial charge in [0.05, 0.1) is 0 Å². The topological polar surface area (TPSA) is 15.3 Å². The van der Waals surface area contributed by atoms with Gasteiger partial charge in [-0.2, -0.15) is 11.8 Å². The van der Waals surface area contributed by atoms with E-state index in [1.54, 1.807) is 0 Å². The lowest BCUT2D eigenvalue weighted by atomic mass is 10.1. The highest BCUT2D eigenvalue weighted by Gasteiger charge is 2.07. The van der Waals surface area contributed by atoms with Gasteiger partial charge >= 0.3 is 0 Å². The number of rotatable bonds is 7. The molecule has 1 aliphatic rings. The number of hydrogen-bond acceptors (Lipinski definition) is 3. The maximum absolute atomic E-state index is 3.56. The Hall–Kier alpha value is 0.270. The maximum atomic E-state index is 3.56. The lowest BCUT2D eigenvalue weighted by Gasteiger charge is -2.19. The molecule has 0 unspecified atom stereocenters. The zero-order valence-corrected chi connectivity index (χ0v) is 11.8. The molecule has 1 aliphatic heterocycles. The molecule has 0 atom stereocenters. The van der Waals surface area contributed by atoms with Gasteiger partial charge < -0.3 is 10.2 Å². The first kappa shape index (κ1) is 14.3. The molecule has 0 aromatic heterocycles. The second-order valence-corrected chi connectivity index (χ2v) is 6.32. The van der Waals surface area contributed by atoms with Crippen molar-refractivity contribution in [3.63, 3.8) is 0 Å². The SMILES string of the molecule is CC(C)CCCNCCN1CCCSCC1. The third-order valence-electron chi connectivity index (χ3n) is 3.05. The van der Waals surface area contributed by atoms with E-state index in [1.807, 2.05) is 0 Å². The van der Waals surface area contributed by atoms with Crippen LogP contribution in [0.1, 0.15) is 33.1 Å². The molecule has 1 rings (SSSR count). The fourth-order valence-electron chi connectivity index (χ4n) is 2.02. The highest BCUT2D eigenvalue weighted by Crippen LogP contribution is 2.09. The minimum absolute atomic E-state index is 0.851. The van der Waals surface area contributed by atoms with Gasteiger partial charge in [-0.05, 0) is 44.0 Å². The Morgan fingerprint density at radius 2 is 2.06 bits per heavy atom. The summed E-state index contributed by atoms with van der Waals surface area (Å²) in [5, 5.41) is 3.56. The second kappa shape index (κ2) is 9.32. The van der Waals surface area contributed by atoms with Crippen LogP contribution in [0.25, 0.3) is 0 Å². The fourth-order valence-corrected chi connectivity index (χ4v) is 2.94. The number of hydrogen-bond donors (Lipinski definition) is 1. The van der Waals surface area contributed by atoms with Crippen molar-refractivity contribution in [2.24, 2.45) is 5.92 Å². The summed E-state index contributed by atoms with van der Waals surface area (Å²) in [6.45, 7) is 10.8. The fraction of sp³-hybridized carbons (Fsp3) is 1.00. The quantitative estimate of drug-likeness (QED) is 0.693. The summed E-state index contributed by atoms with van der Waals surface area (Å²) < 4.78 is 0. The number of nitrogens with one attached hydrogen (secondary N) is 1. The standard InChI is InChI=1S/C13H28N2S/c1-13(2)5-3-6-14-7-9-15-8-4-11-16-12-10-15/h13-14H,3-12H2,1-2H3. The molecule has 0 spiro atoms. The van der Waals surface area contributed by atoms with Crippen molar-refractivity contribution in [2.75, 3.05) is 44.2 Å². The Morgan fingerprint density at radius 1 is 1.19 bits per heavy atom. The van der Waals surface area contributed by atoms with E-state index in [2.05, 4.69) is 35.8 Å². The first-order valence-corrected chi connectivity index (χ1v) is 7.95. The minimum atomic E-state index is 0.851. The van der Waals surface area contributed by atoms with Crippen LogP contribution in [0, 0.1) is 5.92 Å². The molecule has 3 heteroatoms. The average molecular weight is 244 g/mol. The van der Waals surface area contributed by atoms with Crippen molar-refractivity contribution < 1.29 is 0 Å². The summed E-state index contributed by atoms with van der Waals surface area (Å²) in [6, 6.07) is 0. The molecule has 0 saturated carbocycles. The van der Waals surface area contributed by atoms with Gasteiger partial charge in [-0.15, -0.1) is 0 Å². The van der Waals surface area contributed by atoms with E-state index in [4.69, 9.17) is 0 Å². The predicted octanol–water partition coefficient (Wildman–Crippen LogP) is 2.45. The molecule has 0 aliphatic carbocycles. The Morgan fingerprint density at radius 3 is 2.88 bits per heavy atom. The van der Waals surface area contributed by atoms with Crippen molar-refractivity contribution in [3.8, 4) is 0 Å². The van der Waals surface area contributed by atoms with Gasteiger partial charge in [-0.25, -0.2) is 0 Å². The van der Waals surface area contributed by atoms with Gasteiger partial charge in [0.25, 0.3) is 0 Å². The molecule has 2 nitrogen and oxygen atoms in total. The van der Waals surface area contributed by atoms with E-state index in [0.29, 0.717) is 0 Å². The Balaban J connectivity index is 1.89. The molecule has 1 heterocycles. The van der Waals surface area contributed by atoms with Crippen LogP contribution in [0.2, 0.25) is 0 Å². The third-order valence-corrected chi connectivity index (χ3v) is 4.10. The molecule has 96 valence electrons. The van der Waals surface area contributed by atoms with Crippen molar-refractivity contribution in [1.82, 2.24) is 10.2 Å². The normalized spacial score (nSPS) is 18.9. The van der Waals surface area contributed by atoms with E-state index < -0.39 is 0 Å². The van der Waals surface area contributed by atoms with Crippen molar-refractivity contribution in [2.45, 2.75) is 33.1 Å². The van der Waals surface area contributed by atoms with Gasteiger partial charge in [0.15, 0.2) is 0 Å². The van der Waals surface area contributed by atoms with Crippen LogP contribution >= 0.6 is 11.8 Å². The van der Waals surface area contributed by atoms with Crippen LogP contribution in [-0.4, -0.2) is 49.1 Å². The van der Waals surface area contributed by atoms with Crippen LogP contribution in [0.3, 0.4) is 0 Å². The predicted molar refractivity (Wildman–Crippen MR) is 75.3 cm³/mol. The van der Waals surface area contributed by atoms with E-state index in [0.717, 1.165) is 5.92 Å². The zero-order chi connectivity index (χ0) is 11.6. The van der Waals surface area contributed by atoms with Gasteiger partial charge in [0.2, 0.25) is 0 Å². The van der Waals surface area contributed by atoms with Crippen molar-refractivity contribution in [3.05, 3.63) is 0 Å². The molecule has 0 aromatic carbocycles. The maximum Gasteiger partial charge on any atom is 0.0107 e. The molecule has 0 bridgehead atoms. The van der Waals surface area contributed by atoms with E-state index in [9.17, 15) is 0 Å². The second-order valence-electron chi connectivity index (χ2n) is 5.09. The van der Waals surface area contributed by atoms with Gasteiger partial charge in [-0.1, -0.05) is 13.8 Å². The molecule has 0 amide bonds. The van der Waals surface area contributed by atoms with Crippen molar-refractivity contribution in [1.29, 1.82) is 0 Å². The summed E-state index contributed by atoms with van der Waals surface area (Å²) in [5.41, 5.74) is 0. The lowest BCUT2D eigenvalue weighted by molar-refractivity contribution is 0.294. The average Bonchev–Trinajstić information content (AvgIpc) is 2.51. The van der Waals surface area contributed by atoms with E-state index in [1.165, 1.54) is 63.5 Å². The Kier molecular flexibility index (Phi) is 8.34. The van der Waals surface area contributed by atoms with Crippen molar-refractivity contribution >= 4 is 11.8 Å². The molecule has 1 N–H and O–H groups in total. The summed E-state index contributed by atoms with van der Waals surface area (Å²) >= 11 is 2.11. The molecule has 0 radical (unpaired) electrons. The largest absolute Gasteiger partial charge is 0.315 e. The number of thioether (sulfide) groups is 1. The molecule has 0 aromatic rings. The smallest absolute Gasteiger partial charge is 0.0107 e. The van der Waals surface area contributed by atoms with Gasteiger partial charge in [0.1, 0.15) is 0 Å². The molecular weight excluding hydrogens is 216 g/mol. The summed E-state index contributed by atoms with van der Waals surface area (Å²) in [5.74, 6) is 3.54. The number of nitrogens with zero attached hydrogens (tertiary/aromatic N) is 1. The molecule has 16 heavy (non-hydrogen) atoms. The first-order chi connectivity index (χ1) is 7.79. The Bertz CT molecular complexity index is 154. The molecule has 1 saturated heterocycles.